The molecule has 0 saturated heterocycles. The number of carbonyl (C=O) groups excluding carboxylic acids is 1. The fraction of sp³-hybridized carbons (Fsp3) is 0.865. The van der Waals surface area contributed by atoms with Gasteiger partial charge in [-0.15, -0.1) is 0 Å². The Hall–Kier alpha value is -1.02. The molecule has 3 N–H and O–H groups in total. The Morgan fingerprint density at radius 1 is 0.739 bits per heavy atom. The number of nitrogens with zero attached hydrogens (tertiary/aromatic N) is 1. The number of aliphatic hydroxyl groups excluding tert-OH is 1. The third-order valence-electron chi connectivity index (χ3n) is 8.23. The number of quaternary nitrogens is 1. The number of nitrogens with one attached hydrogen (secondary N) is 1. The molecule has 0 aromatic heterocycles. The van der Waals surface area contributed by atoms with Gasteiger partial charge in [0.25, 0.3) is 0 Å². The normalized spacial score (nSPS) is 15.0. The molecule has 0 aliphatic rings. The summed E-state index contributed by atoms with van der Waals surface area (Å²) in [5.41, 5.74) is 0. The molecule has 3 atom stereocenters. The number of hydrogen-bond donors (Lipinski definition) is 3. The minimum atomic E-state index is -4.33. The third-order valence-corrected chi connectivity index (χ3v) is 9.21. The second-order valence-corrected chi connectivity index (χ2v) is 15.4. The summed E-state index contributed by atoms with van der Waals surface area (Å²) in [7, 11) is 1.54. The number of carbonyl (C=O) groups is 1. The van der Waals surface area contributed by atoms with Crippen LogP contribution in [-0.4, -0.2) is 73.4 Å². The number of phosphoric acid groups is 1. The summed E-state index contributed by atoms with van der Waals surface area (Å²) in [4.78, 5) is 22.9. The van der Waals surface area contributed by atoms with Gasteiger partial charge in [0.15, 0.2) is 0 Å². The van der Waals surface area contributed by atoms with Gasteiger partial charge in [0.05, 0.1) is 39.9 Å². The lowest BCUT2D eigenvalue weighted by Crippen LogP contribution is -2.45. The molecule has 0 rings (SSSR count). The highest BCUT2D eigenvalue weighted by Crippen LogP contribution is 2.43. The van der Waals surface area contributed by atoms with Gasteiger partial charge in [0.1, 0.15) is 13.2 Å². The first kappa shape index (κ1) is 45.0. The lowest BCUT2D eigenvalue weighted by molar-refractivity contribution is -0.870. The molecule has 272 valence electrons. The first-order chi connectivity index (χ1) is 22.0. The van der Waals surface area contributed by atoms with E-state index >= 15 is 0 Å². The van der Waals surface area contributed by atoms with Crippen molar-refractivity contribution in [2.24, 2.45) is 0 Å². The predicted molar refractivity (Wildman–Crippen MR) is 194 cm³/mol. The molecule has 8 nitrogen and oxygen atoms in total. The van der Waals surface area contributed by atoms with Gasteiger partial charge in [-0.2, -0.15) is 0 Å². The summed E-state index contributed by atoms with van der Waals surface area (Å²) < 4.78 is 23.3. The van der Waals surface area contributed by atoms with E-state index in [4.69, 9.17) is 9.05 Å². The highest BCUT2D eigenvalue weighted by atomic mass is 31.2. The molecule has 0 aromatic rings. The molecule has 0 aromatic carbocycles. The van der Waals surface area contributed by atoms with Gasteiger partial charge in [-0.3, -0.25) is 13.8 Å². The van der Waals surface area contributed by atoms with Crippen LogP contribution in [0.3, 0.4) is 0 Å². The molecular weight excluding hydrogens is 599 g/mol. The van der Waals surface area contributed by atoms with Gasteiger partial charge in [0.2, 0.25) is 5.91 Å². The lowest BCUT2D eigenvalue weighted by Gasteiger charge is -2.25. The molecule has 1 amide bonds. The zero-order chi connectivity index (χ0) is 34.4. The fourth-order valence-electron chi connectivity index (χ4n) is 5.16. The van der Waals surface area contributed by atoms with Crippen LogP contribution in [0.15, 0.2) is 24.3 Å². The van der Waals surface area contributed by atoms with Gasteiger partial charge in [-0.05, 0) is 19.3 Å². The molecule has 0 bridgehead atoms. The molecule has 0 heterocycles. The highest BCUT2D eigenvalue weighted by molar-refractivity contribution is 7.47. The number of unbranched alkanes of at least 4 members (excludes halogenated alkanes) is 19. The Bertz CT molecular complexity index is 814. The van der Waals surface area contributed by atoms with Crippen LogP contribution >= 0.6 is 7.82 Å². The van der Waals surface area contributed by atoms with Gasteiger partial charge >= 0.3 is 7.82 Å². The van der Waals surface area contributed by atoms with E-state index in [-0.39, 0.29) is 19.1 Å². The van der Waals surface area contributed by atoms with Crippen molar-refractivity contribution in [2.45, 2.75) is 167 Å². The number of hydrogen-bond acceptors (Lipinski definition) is 5. The maximum atomic E-state index is 12.7. The molecule has 0 spiro atoms. The number of aliphatic hydroxyl groups is 1. The van der Waals surface area contributed by atoms with E-state index in [1.54, 1.807) is 12.2 Å². The summed E-state index contributed by atoms with van der Waals surface area (Å²) >= 11 is 0. The van der Waals surface area contributed by atoms with E-state index in [9.17, 15) is 19.4 Å². The molecule has 0 aliphatic heterocycles. The second kappa shape index (κ2) is 30.1. The number of phosphoric ester groups is 1. The molecule has 0 fully saturated rings. The molecule has 46 heavy (non-hydrogen) atoms. The zero-order valence-electron chi connectivity index (χ0n) is 30.6. The van der Waals surface area contributed by atoms with E-state index in [0.29, 0.717) is 17.4 Å². The zero-order valence-corrected chi connectivity index (χ0v) is 31.5. The molecule has 1 unspecified atom stereocenters. The van der Waals surface area contributed by atoms with E-state index in [0.717, 1.165) is 32.1 Å². The molecule has 0 radical (unpaired) electrons. The van der Waals surface area contributed by atoms with Crippen LogP contribution in [0, 0.1) is 0 Å². The highest BCUT2D eigenvalue weighted by Gasteiger charge is 2.27. The predicted octanol–water partition coefficient (Wildman–Crippen LogP) is 9.41. The summed E-state index contributed by atoms with van der Waals surface area (Å²) in [6.07, 6.45) is 32.6. The maximum Gasteiger partial charge on any atom is 0.472 e. The van der Waals surface area contributed by atoms with Crippen molar-refractivity contribution in [2.75, 3.05) is 40.9 Å². The number of amides is 1. The largest absolute Gasteiger partial charge is 0.472 e. The number of rotatable bonds is 33. The van der Waals surface area contributed by atoms with E-state index < -0.39 is 20.0 Å². The Balaban J connectivity index is 4.50. The first-order valence-corrected chi connectivity index (χ1v) is 20.2. The van der Waals surface area contributed by atoms with E-state index in [1.807, 2.05) is 27.2 Å². The van der Waals surface area contributed by atoms with Crippen LogP contribution in [0.1, 0.15) is 155 Å². The van der Waals surface area contributed by atoms with Gasteiger partial charge in [-0.25, -0.2) is 4.57 Å². The quantitative estimate of drug-likeness (QED) is 0.0278. The van der Waals surface area contributed by atoms with Crippen molar-refractivity contribution in [1.82, 2.24) is 5.32 Å². The fourth-order valence-corrected chi connectivity index (χ4v) is 5.89. The Morgan fingerprint density at radius 3 is 1.72 bits per heavy atom. The summed E-state index contributed by atoms with van der Waals surface area (Å²) in [5.74, 6) is -0.197. The monoisotopic (exact) mass is 674 g/mol. The van der Waals surface area contributed by atoms with Crippen molar-refractivity contribution in [3.63, 3.8) is 0 Å². The average Bonchev–Trinajstić information content (AvgIpc) is 2.99. The SMILES string of the molecule is CCCCCCC/C=C/C=C/[C@@H](O)[C@H](COP(=O)(O)OCC[N+](C)(C)C)NC(=O)CCCCCCCCCCCCCCCCC. The van der Waals surface area contributed by atoms with Crippen molar-refractivity contribution in [3.8, 4) is 0 Å². The number of likely N-dealkylation sites (N-methyl/N-ethyl adjacent to an activating group) is 1. The van der Waals surface area contributed by atoms with Crippen LogP contribution in [0.4, 0.5) is 0 Å². The minimum Gasteiger partial charge on any atom is -0.387 e. The summed E-state index contributed by atoms with van der Waals surface area (Å²) in [6.45, 7) is 4.72. The van der Waals surface area contributed by atoms with Gasteiger partial charge < -0.3 is 19.8 Å². The first-order valence-electron chi connectivity index (χ1n) is 18.7. The van der Waals surface area contributed by atoms with Crippen LogP contribution in [-0.2, 0) is 18.4 Å². The average molecular weight is 674 g/mol. The van der Waals surface area contributed by atoms with Gasteiger partial charge in [-0.1, -0.05) is 154 Å². The summed E-state index contributed by atoms with van der Waals surface area (Å²) in [6, 6.07) is -0.870. The minimum absolute atomic E-state index is 0.0548. The topological polar surface area (TPSA) is 105 Å². The lowest BCUT2D eigenvalue weighted by atomic mass is 10.0. The molecule has 0 saturated carbocycles. The Labute approximate surface area is 284 Å². The molecule has 9 heteroatoms. The van der Waals surface area contributed by atoms with Gasteiger partial charge in [0, 0.05) is 6.42 Å². The van der Waals surface area contributed by atoms with Crippen molar-refractivity contribution in [3.05, 3.63) is 24.3 Å². The number of allylic oxidation sites excluding steroid dienone is 3. The maximum absolute atomic E-state index is 12.7. The smallest absolute Gasteiger partial charge is 0.387 e. The molecule has 0 aliphatic carbocycles. The Morgan fingerprint density at radius 2 is 1.22 bits per heavy atom. The van der Waals surface area contributed by atoms with Crippen LogP contribution in [0.25, 0.3) is 0 Å². The Kier molecular flexibility index (Phi) is 29.4. The van der Waals surface area contributed by atoms with E-state index in [1.165, 1.54) is 103 Å². The van der Waals surface area contributed by atoms with Crippen LogP contribution < -0.4 is 5.32 Å². The molecular formula is C37H74N2O6P+. The van der Waals surface area contributed by atoms with Crippen molar-refractivity contribution < 1.29 is 32.9 Å². The standard InChI is InChI=1S/C37H73N2O6P/c1-6-8-10-12-14-16-17-18-19-20-21-23-25-27-29-31-37(41)38-35(34-45-46(42,43)44-33-32-39(3,4)5)36(40)30-28-26-24-22-15-13-11-9-7-2/h24,26,28,30,35-36,40H,6-23,25,27,29,31-34H2,1-5H3,(H-,38,41,42,43)/p+1/b26-24+,30-28+/t35-,36+/m0/s1. The van der Waals surface area contributed by atoms with E-state index in [2.05, 4.69) is 25.2 Å². The summed E-state index contributed by atoms with van der Waals surface area (Å²) in [5, 5.41) is 13.6. The van der Waals surface area contributed by atoms with Crippen molar-refractivity contribution >= 4 is 13.7 Å². The van der Waals surface area contributed by atoms with Crippen molar-refractivity contribution in [1.29, 1.82) is 0 Å². The second-order valence-electron chi connectivity index (χ2n) is 14.0. The van der Waals surface area contributed by atoms with Crippen LogP contribution in [0.5, 0.6) is 0 Å². The van der Waals surface area contributed by atoms with Crippen LogP contribution in [0.2, 0.25) is 0 Å². The third kappa shape index (κ3) is 31.6.